The Bertz CT molecular complexity index is 414. The van der Waals surface area contributed by atoms with Gasteiger partial charge in [-0.05, 0) is 45.4 Å². The topological polar surface area (TPSA) is 42.1 Å². The van der Waals surface area contributed by atoms with Crippen LogP contribution in [0.4, 0.5) is 0 Å². The number of aromatic nitrogens is 1. The number of hydrogen-bond donors (Lipinski definition) is 1. The first-order valence-electron chi connectivity index (χ1n) is 7.37. The van der Waals surface area contributed by atoms with E-state index < -0.39 is 0 Å². The Balaban J connectivity index is 2.00. The van der Waals surface area contributed by atoms with Gasteiger partial charge in [-0.25, -0.2) is 0 Å². The Kier molecular flexibility index (Phi) is 4.58. The molecule has 0 saturated heterocycles. The van der Waals surface area contributed by atoms with E-state index in [0.717, 1.165) is 23.9 Å². The van der Waals surface area contributed by atoms with E-state index in [-0.39, 0.29) is 5.54 Å². The molecular formula is C16H27N3. The monoisotopic (exact) mass is 261 g/mol. The summed E-state index contributed by atoms with van der Waals surface area (Å²) in [6.07, 6.45) is 5.37. The van der Waals surface area contributed by atoms with Gasteiger partial charge in [-0.1, -0.05) is 25.3 Å². The van der Waals surface area contributed by atoms with E-state index >= 15 is 0 Å². The molecule has 0 amide bonds. The molecule has 2 N–H and O–H groups in total. The predicted octanol–water partition coefficient (Wildman–Crippen LogP) is 2.73. The van der Waals surface area contributed by atoms with E-state index in [1.54, 1.807) is 0 Å². The highest BCUT2D eigenvalue weighted by Crippen LogP contribution is 2.35. The van der Waals surface area contributed by atoms with Crippen molar-refractivity contribution < 1.29 is 0 Å². The molecule has 1 aromatic heterocycles. The van der Waals surface area contributed by atoms with Gasteiger partial charge in [0.15, 0.2) is 0 Å². The molecule has 1 atom stereocenters. The molecule has 3 nitrogen and oxygen atoms in total. The molecule has 1 unspecified atom stereocenters. The minimum atomic E-state index is 0.0938. The van der Waals surface area contributed by atoms with Crippen LogP contribution < -0.4 is 5.73 Å². The van der Waals surface area contributed by atoms with Crippen LogP contribution in [-0.4, -0.2) is 29.0 Å². The lowest BCUT2D eigenvalue weighted by Gasteiger charge is -2.42. The summed E-state index contributed by atoms with van der Waals surface area (Å²) in [5.41, 5.74) is 8.37. The molecule has 0 aromatic carbocycles. The van der Waals surface area contributed by atoms with Crippen molar-refractivity contribution in [3.8, 4) is 0 Å². The van der Waals surface area contributed by atoms with E-state index in [1.807, 2.05) is 13.0 Å². The molecule has 1 fully saturated rings. The van der Waals surface area contributed by atoms with Gasteiger partial charge in [0.1, 0.15) is 0 Å². The number of rotatable bonds is 6. The van der Waals surface area contributed by atoms with Crippen molar-refractivity contribution in [2.24, 2.45) is 11.7 Å². The molecule has 0 bridgehead atoms. The molecule has 3 heteroatoms. The summed E-state index contributed by atoms with van der Waals surface area (Å²) in [6.45, 7) is 5.93. The predicted molar refractivity (Wildman–Crippen MR) is 79.9 cm³/mol. The van der Waals surface area contributed by atoms with Gasteiger partial charge in [0.2, 0.25) is 0 Å². The SMILES string of the molecule is Cc1cccc(CN(C)C(C)(CN)CC2CCC2)n1. The second kappa shape index (κ2) is 6.02. The number of likely N-dealkylation sites (N-methyl/N-ethyl adjacent to an activating group) is 1. The smallest absolute Gasteiger partial charge is 0.0547 e. The van der Waals surface area contributed by atoms with Crippen LogP contribution in [-0.2, 0) is 6.54 Å². The van der Waals surface area contributed by atoms with Gasteiger partial charge in [-0.3, -0.25) is 9.88 Å². The van der Waals surface area contributed by atoms with Crippen molar-refractivity contribution in [1.82, 2.24) is 9.88 Å². The third-order valence-electron chi connectivity index (χ3n) is 4.66. The van der Waals surface area contributed by atoms with Crippen molar-refractivity contribution in [2.75, 3.05) is 13.6 Å². The molecule has 0 aliphatic heterocycles. The van der Waals surface area contributed by atoms with E-state index in [1.165, 1.54) is 25.7 Å². The van der Waals surface area contributed by atoms with Gasteiger partial charge in [-0.15, -0.1) is 0 Å². The molecular weight excluding hydrogens is 234 g/mol. The Morgan fingerprint density at radius 3 is 2.68 bits per heavy atom. The number of pyridine rings is 1. The summed E-state index contributed by atoms with van der Waals surface area (Å²) in [6, 6.07) is 6.22. The van der Waals surface area contributed by atoms with Crippen molar-refractivity contribution >= 4 is 0 Å². The van der Waals surface area contributed by atoms with Gasteiger partial charge >= 0.3 is 0 Å². The van der Waals surface area contributed by atoms with Crippen LogP contribution in [0.3, 0.4) is 0 Å². The molecule has 2 rings (SSSR count). The number of nitrogens with zero attached hydrogens (tertiary/aromatic N) is 2. The van der Waals surface area contributed by atoms with Gasteiger partial charge in [0, 0.05) is 24.3 Å². The lowest BCUT2D eigenvalue weighted by molar-refractivity contribution is 0.0846. The normalized spacial score (nSPS) is 19.2. The summed E-state index contributed by atoms with van der Waals surface area (Å²) < 4.78 is 0. The molecule has 0 radical (unpaired) electrons. The van der Waals surface area contributed by atoms with E-state index in [0.29, 0.717) is 6.54 Å². The Hall–Kier alpha value is -0.930. The highest BCUT2D eigenvalue weighted by atomic mass is 15.2. The Morgan fingerprint density at radius 2 is 2.16 bits per heavy atom. The maximum atomic E-state index is 6.06. The van der Waals surface area contributed by atoms with E-state index in [2.05, 4.69) is 36.0 Å². The number of hydrogen-bond acceptors (Lipinski definition) is 3. The van der Waals surface area contributed by atoms with Crippen LogP contribution in [0.2, 0.25) is 0 Å². The third kappa shape index (κ3) is 3.54. The zero-order chi connectivity index (χ0) is 13.9. The first-order chi connectivity index (χ1) is 9.03. The quantitative estimate of drug-likeness (QED) is 0.856. The van der Waals surface area contributed by atoms with Crippen molar-refractivity contribution in [2.45, 2.75) is 51.6 Å². The first kappa shape index (κ1) is 14.5. The summed E-state index contributed by atoms with van der Waals surface area (Å²) >= 11 is 0. The fraction of sp³-hybridized carbons (Fsp3) is 0.688. The van der Waals surface area contributed by atoms with Crippen LogP contribution in [0.5, 0.6) is 0 Å². The average molecular weight is 261 g/mol. The molecule has 1 aliphatic rings. The molecule has 1 aliphatic carbocycles. The molecule has 0 spiro atoms. The summed E-state index contributed by atoms with van der Waals surface area (Å²) in [5, 5.41) is 0. The summed E-state index contributed by atoms with van der Waals surface area (Å²) in [5.74, 6) is 0.876. The highest BCUT2D eigenvalue weighted by Gasteiger charge is 2.33. The van der Waals surface area contributed by atoms with Crippen LogP contribution >= 0.6 is 0 Å². The van der Waals surface area contributed by atoms with Crippen LogP contribution in [0.25, 0.3) is 0 Å². The molecule has 1 heterocycles. The summed E-state index contributed by atoms with van der Waals surface area (Å²) in [7, 11) is 2.18. The minimum Gasteiger partial charge on any atom is -0.329 e. The van der Waals surface area contributed by atoms with Crippen LogP contribution in [0.15, 0.2) is 18.2 Å². The second-order valence-electron chi connectivity index (χ2n) is 6.33. The van der Waals surface area contributed by atoms with Crippen molar-refractivity contribution in [1.29, 1.82) is 0 Å². The Morgan fingerprint density at radius 1 is 1.42 bits per heavy atom. The first-order valence-corrected chi connectivity index (χ1v) is 7.37. The molecule has 1 saturated carbocycles. The fourth-order valence-electron chi connectivity index (χ4n) is 2.84. The van der Waals surface area contributed by atoms with E-state index in [9.17, 15) is 0 Å². The maximum Gasteiger partial charge on any atom is 0.0547 e. The molecule has 1 aromatic rings. The van der Waals surface area contributed by atoms with Crippen LogP contribution in [0, 0.1) is 12.8 Å². The second-order valence-corrected chi connectivity index (χ2v) is 6.33. The highest BCUT2D eigenvalue weighted by molar-refractivity contribution is 5.10. The third-order valence-corrected chi connectivity index (χ3v) is 4.66. The largest absolute Gasteiger partial charge is 0.329 e. The molecule has 19 heavy (non-hydrogen) atoms. The van der Waals surface area contributed by atoms with Gasteiger partial charge in [0.25, 0.3) is 0 Å². The van der Waals surface area contributed by atoms with Gasteiger partial charge in [-0.2, -0.15) is 0 Å². The maximum absolute atomic E-state index is 6.06. The zero-order valence-electron chi connectivity index (χ0n) is 12.5. The van der Waals surface area contributed by atoms with Crippen molar-refractivity contribution in [3.63, 3.8) is 0 Å². The average Bonchev–Trinajstić information content (AvgIpc) is 2.33. The number of nitrogens with two attached hydrogens (primary N) is 1. The minimum absolute atomic E-state index is 0.0938. The van der Waals surface area contributed by atoms with E-state index in [4.69, 9.17) is 5.73 Å². The fourth-order valence-corrected chi connectivity index (χ4v) is 2.84. The zero-order valence-corrected chi connectivity index (χ0v) is 12.5. The van der Waals surface area contributed by atoms with Gasteiger partial charge in [0.05, 0.1) is 5.69 Å². The lowest BCUT2D eigenvalue weighted by atomic mass is 9.76. The van der Waals surface area contributed by atoms with Gasteiger partial charge < -0.3 is 5.73 Å². The summed E-state index contributed by atoms with van der Waals surface area (Å²) in [4.78, 5) is 6.97. The standard InChI is InChI=1S/C16H27N3/c1-13-6-4-9-15(18-13)11-19(3)16(2,12-17)10-14-7-5-8-14/h4,6,9,14H,5,7-8,10-12,17H2,1-3H3. The molecule has 106 valence electrons. The van der Waals surface area contributed by atoms with Crippen molar-refractivity contribution in [3.05, 3.63) is 29.6 Å². The van der Waals surface area contributed by atoms with Crippen LogP contribution in [0.1, 0.15) is 44.0 Å². The number of aryl methyl sites for hydroxylation is 1. The Labute approximate surface area is 117 Å². The lowest BCUT2D eigenvalue weighted by Crippen LogP contribution is -2.51.